The Morgan fingerprint density at radius 1 is 1.24 bits per heavy atom. The number of methoxy groups -OCH3 is 1. The smallest absolute Gasteiger partial charge is 0.416 e. The van der Waals surface area contributed by atoms with Crippen molar-refractivity contribution < 1.29 is 31.8 Å². The summed E-state index contributed by atoms with van der Waals surface area (Å²) >= 11 is 0. The van der Waals surface area contributed by atoms with Crippen LogP contribution in [0.2, 0.25) is 0 Å². The fraction of sp³-hybridized carbons (Fsp3) is 0.417. The molecule has 9 heteroatoms. The highest BCUT2D eigenvalue weighted by Crippen LogP contribution is 2.57. The number of aromatic nitrogens is 2. The highest BCUT2D eigenvalue weighted by Gasteiger charge is 2.56. The lowest BCUT2D eigenvalue weighted by Gasteiger charge is -2.33. The van der Waals surface area contributed by atoms with E-state index < -0.39 is 35.0 Å². The highest BCUT2D eigenvalue weighted by molar-refractivity contribution is 5.80. The topological polar surface area (TPSA) is 64.2 Å². The molecule has 4 unspecified atom stereocenters. The van der Waals surface area contributed by atoms with Gasteiger partial charge in [-0.05, 0) is 54.7 Å². The Bertz CT molecular complexity index is 1190. The molecule has 33 heavy (non-hydrogen) atoms. The number of benzene rings is 2. The molecule has 1 spiro atoms. The van der Waals surface area contributed by atoms with Crippen LogP contribution in [0.5, 0.6) is 0 Å². The van der Waals surface area contributed by atoms with Crippen LogP contribution < -0.4 is 0 Å². The summed E-state index contributed by atoms with van der Waals surface area (Å²) in [5.41, 5.74) is 0.502. The van der Waals surface area contributed by atoms with Crippen molar-refractivity contribution in [2.45, 2.75) is 42.9 Å². The van der Waals surface area contributed by atoms with Crippen molar-refractivity contribution in [2.24, 2.45) is 5.92 Å². The predicted molar refractivity (Wildman–Crippen MR) is 111 cm³/mol. The normalized spacial score (nSPS) is 27.5. The van der Waals surface area contributed by atoms with Crippen molar-refractivity contribution >= 4 is 17.0 Å². The molecule has 174 valence electrons. The van der Waals surface area contributed by atoms with Gasteiger partial charge in [0.2, 0.25) is 0 Å². The van der Waals surface area contributed by atoms with Gasteiger partial charge in [-0.1, -0.05) is 12.1 Å². The number of carbonyl (C=O) groups excluding carboxylic acids is 1. The summed E-state index contributed by atoms with van der Waals surface area (Å²) in [7, 11) is 1.32. The second-order valence-corrected chi connectivity index (χ2v) is 8.84. The fourth-order valence-electron chi connectivity index (χ4n) is 5.64. The predicted octanol–water partition coefficient (Wildman–Crippen LogP) is 5.33. The molecule has 1 saturated carbocycles. The first-order chi connectivity index (χ1) is 15.7. The van der Waals surface area contributed by atoms with E-state index in [4.69, 9.17) is 9.47 Å². The average molecular weight is 462 g/mol. The van der Waals surface area contributed by atoms with Crippen LogP contribution in [0.15, 0.2) is 42.7 Å². The fourth-order valence-corrected chi connectivity index (χ4v) is 5.64. The third kappa shape index (κ3) is 3.68. The van der Waals surface area contributed by atoms with E-state index in [2.05, 4.69) is 9.97 Å². The van der Waals surface area contributed by atoms with Crippen molar-refractivity contribution in [1.82, 2.24) is 9.97 Å². The van der Waals surface area contributed by atoms with Crippen molar-refractivity contribution in [3.8, 4) is 0 Å². The van der Waals surface area contributed by atoms with Gasteiger partial charge < -0.3 is 14.5 Å². The van der Waals surface area contributed by atoms with E-state index in [-0.39, 0.29) is 18.5 Å². The van der Waals surface area contributed by atoms with E-state index in [9.17, 15) is 22.4 Å². The van der Waals surface area contributed by atoms with Crippen LogP contribution in [0, 0.1) is 11.7 Å². The summed E-state index contributed by atoms with van der Waals surface area (Å²) in [6, 6.07) is 8.15. The summed E-state index contributed by atoms with van der Waals surface area (Å²) in [5, 5.41) is 0. The highest BCUT2D eigenvalue weighted by atomic mass is 19.4. The van der Waals surface area contributed by atoms with Gasteiger partial charge in [0.05, 0.1) is 48.2 Å². The minimum Gasteiger partial charge on any atom is -0.469 e. The number of fused-ring (bicyclic) bond motifs is 1. The van der Waals surface area contributed by atoms with E-state index in [1.807, 2.05) is 0 Å². The number of nitrogens with zero attached hydrogens (tertiary/aromatic N) is 1. The molecule has 2 fully saturated rings. The number of carbonyl (C=O) groups is 1. The van der Waals surface area contributed by atoms with Gasteiger partial charge in [0, 0.05) is 11.8 Å². The van der Waals surface area contributed by atoms with Gasteiger partial charge in [0.1, 0.15) is 5.82 Å². The first-order valence-electron chi connectivity index (χ1n) is 10.7. The molecule has 0 amide bonds. The maximum absolute atomic E-state index is 13.6. The molecular formula is C24H22F4N2O3. The number of nitrogens with one attached hydrogen (secondary N) is 1. The maximum Gasteiger partial charge on any atom is 0.416 e. The third-order valence-corrected chi connectivity index (χ3v) is 7.06. The molecule has 0 bridgehead atoms. The zero-order valence-electron chi connectivity index (χ0n) is 17.8. The number of ether oxygens (including phenoxy) is 2. The van der Waals surface area contributed by atoms with Crippen molar-refractivity contribution in [1.29, 1.82) is 0 Å². The molecule has 2 aliphatic rings. The van der Waals surface area contributed by atoms with Gasteiger partial charge in [-0.3, -0.25) is 4.79 Å². The minimum absolute atomic E-state index is 0.203. The SMILES string of the molecule is COC(=O)C1CCC2(CC(c3cc(C(F)(F)F)cc4[nH]cnc34)CO2)C1c1ccc(F)cc1. The molecule has 4 atom stereocenters. The third-order valence-electron chi connectivity index (χ3n) is 7.06. The van der Waals surface area contributed by atoms with Crippen molar-refractivity contribution in [2.75, 3.05) is 13.7 Å². The number of halogens is 4. The summed E-state index contributed by atoms with van der Waals surface area (Å²) in [5.74, 6) is -1.97. The molecule has 3 aromatic rings. The lowest BCUT2D eigenvalue weighted by atomic mass is 9.76. The molecule has 1 N–H and O–H groups in total. The number of hydrogen-bond donors (Lipinski definition) is 1. The van der Waals surface area contributed by atoms with Gasteiger partial charge in [0.25, 0.3) is 0 Å². The van der Waals surface area contributed by atoms with E-state index >= 15 is 0 Å². The monoisotopic (exact) mass is 462 g/mol. The molecule has 1 aliphatic heterocycles. The first kappa shape index (κ1) is 21.9. The molecule has 2 heterocycles. The Morgan fingerprint density at radius 3 is 2.70 bits per heavy atom. The van der Waals surface area contributed by atoms with E-state index in [1.54, 1.807) is 12.1 Å². The van der Waals surface area contributed by atoms with E-state index in [0.29, 0.717) is 35.9 Å². The first-order valence-corrected chi connectivity index (χ1v) is 10.7. The minimum atomic E-state index is -4.49. The van der Waals surface area contributed by atoms with Crippen LogP contribution >= 0.6 is 0 Å². The molecular weight excluding hydrogens is 440 g/mol. The molecule has 1 aromatic heterocycles. The Morgan fingerprint density at radius 2 is 2.00 bits per heavy atom. The molecule has 2 aromatic carbocycles. The number of imidazole rings is 1. The van der Waals surface area contributed by atoms with Gasteiger partial charge in [0.15, 0.2) is 0 Å². The lowest BCUT2D eigenvalue weighted by molar-refractivity contribution is -0.147. The average Bonchev–Trinajstić information content (AvgIpc) is 3.51. The maximum atomic E-state index is 13.6. The number of esters is 1. The second-order valence-electron chi connectivity index (χ2n) is 8.84. The number of alkyl halides is 3. The second kappa shape index (κ2) is 7.83. The number of aromatic amines is 1. The molecule has 5 nitrogen and oxygen atoms in total. The van der Waals surface area contributed by atoms with Crippen molar-refractivity contribution in [3.63, 3.8) is 0 Å². The number of H-pyrrole nitrogens is 1. The number of rotatable bonds is 3. The van der Waals surface area contributed by atoms with Crippen LogP contribution in [-0.4, -0.2) is 35.3 Å². The lowest BCUT2D eigenvalue weighted by Crippen LogP contribution is -2.35. The zero-order chi connectivity index (χ0) is 23.4. The van der Waals surface area contributed by atoms with Gasteiger partial charge in [-0.2, -0.15) is 13.2 Å². The molecule has 1 aliphatic carbocycles. The van der Waals surface area contributed by atoms with E-state index in [1.165, 1.54) is 25.6 Å². The van der Waals surface area contributed by atoms with Gasteiger partial charge in [-0.25, -0.2) is 9.37 Å². The molecule has 1 saturated heterocycles. The summed E-state index contributed by atoms with van der Waals surface area (Å²) in [6.45, 7) is 0.203. The van der Waals surface area contributed by atoms with Crippen LogP contribution in [0.1, 0.15) is 47.8 Å². The zero-order valence-corrected chi connectivity index (χ0v) is 17.8. The van der Waals surface area contributed by atoms with Gasteiger partial charge >= 0.3 is 12.1 Å². The summed E-state index contributed by atoms with van der Waals surface area (Å²) < 4.78 is 65.5. The Kier molecular flexibility index (Phi) is 5.19. The van der Waals surface area contributed by atoms with Crippen LogP contribution in [-0.2, 0) is 20.4 Å². The van der Waals surface area contributed by atoms with Gasteiger partial charge in [-0.15, -0.1) is 0 Å². The Balaban J connectivity index is 1.54. The van der Waals surface area contributed by atoms with Crippen LogP contribution in [0.25, 0.3) is 11.0 Å². The number of hydrogen-bond acceptors (Lipinski definition) is 4. The standard InChI is InChI=1S/C24H22F4N2O3/c1-32-22(31)17-6-7-23(20(17)13-2-4-16(25)5-3-13)10-14(11-33-23)18-8-15(24(26,27)28)9-19-21(18)30-12-29-19/h2-5,8-9,12,14,17,20H,6-7,10-11H2,1H3,(H,29,30). The van der Waals surface area contributed by atoms with Crippen molar-refractivity contribution in [3.05, 3.63) is 65.2 Å². The van der Waals surface area contributed by atoms with Crippen LogP contribution in [0.4, 0.5) is 17.6 Å². The largest absolute Gasteiger partial charge is 0.469 e. The summed E-state index contributed by atoms with van der Waals surface area (Å²) in [4.78, 5) is 19.6. The van der Waals surface area contributed by atoms with E-state index in [0.717, 1.165) is 17.7 Å². The van der Waals surface area contributed by atoms with Crippen LogP contribution in [0.3, 0.4) is 0 Å². The quantitative estimate of drug-likeness (QED) is 0.422. The Labute approximate surface area is 187 Å². The molecule has 5 rings (SSSR count). The summed E-state index contributed by atoms with van der Waals surface area (Å²) in [6.07, 6.45) is -1.63. The molecule has 0 radical (unpaired) electrons. The Hall–Kier alpha value is -2.94.